The van der Waals surface area contributed by atoms with Crippen molar-refractivity contribution in [3.63, 3.8) is 0 Å². The van der Waals surface area contributed by atoms with Gasteiger partial charge >= 0.3 is 0 Å². The number of nitrogens with one attached hydrogen (secondary N) is 1. The molecular weight excluding hydrogens is 402 g/mol. The molecule has 0 spiro atoms. The Hall–Kier alpha value is -2.68. The quantitative estimate of drug-likeness (QED) is 0.760. The number of ether oxygens (including phenoxy) is 1. The Morgan fingerprint density at radius 1 is 1.17 bits per heavy atom. The third kappa shape index (κ3) is 4.72. The summed E-state index contributed by atoms with van der Waals surface area (Å²) in [4.78, 5) is 28.7. The summed E-state index contributed by atoms with van der Waals surface area (Å²) in [6.07, 6.45) is 4.32. The van der Waals surface area contributed by atoms with Crippen LogP contribution in [-0.4, -0.2) is 48.8 Å². The van der Waals surface area contributed by atoms with Crippen molar-refractivity contribution in [1.29, 1.82) is 0 Å². The standard InChI is InChI=1S/C21H27N5O3S/c1-29-17-9-7-15(8-10-17)13-22-19(28)16-5-4-11-25(14-16)20-23-24-21(30-20)26-12-3-2-6-18(26)27/h7-10,16H,2-6,11-14H2,1H3,(H,22,28)/t16-/m0/s1. The molecule has 3 heterocycles. The Morgan fingerprint density at radius 3 is 2.73 bits per heavy atom. The summed E-state index contributed by atoms with van der Waals surface area (Å²) in [5, 5.41) is 13.1. The Bertz CT molecular complexity index is 885. The lowest BCUT2D eigenvalue weighted by Crippen LogP contribution is -2.43. The van der Waals surface area contributed by atoms with E-state index in [2.05, 4.69) is 20.4 Å². The Labute approximate surface area is 180 Å². The Morgan fingerprint density at radius 2 is 1.97 bits per heavy atom. The number of nitrogens with zero attached hydrogens (tertiary/aromatic N) is 4. The van der Waals surface area contributed by atoms with Gasteiger partial charge in [-0.1, -0.05) is 23.5 Å². The minimum absolute atomic E-state index is 0.0615. The molecule has 2 aromatic rings. The number of carbonyl (C=O) groups excluding carboxylic acids is 2. The van der Waals surface area contributed by atoms with E-state index in [0.717, 1.165) is 48.7 Å². The van der Waals surface area contributed by atoms with E-state index in [9.17, 15) is 9.59 Å². The molecule has 0 saturated carbocycles. The lowest BCUT2D eigenvalue weighted by atomic mass is 9.97. The van der Waals surface area contributed by atoms with Gasteiger partial charge in [-0.15, -0.1) is 10.2 Å². The molecule has 9 heteroatoms. The molecule has 2 aliphatic heterocycles. The molecule has 2 aliphatic rings. The number of aromatic nitrogens is 2. The van der Waals surface area contributed by atoms with Gasteiger partial charge in [-0.05, 0) is 43.4 Å². The molecular formula is C21H27N5O3S. The third-order valence-electron chi connectivity index (χ3n) is 5.65. The second kappa shape index (κ2) is 9.42. The first-order valence-electron chi connectivity index (χ1n) is 10.4. The Balaban J connectivity index is 1.33. The normalized spacial score (nSPS) is 19.6. The van der Waals surface area contributed by atoms with Gasteiger partial charge in [-0.25, -0.2) is 0 Å². The van der Waals surface area contributed by atoms with Crippen LogP contribution >= 0.6 is 11.3 Å². The zero-order chi connectivity index (χ0) is 20.9. The first-order valence-corrected chi connectivity index (χ1v) is 11.2. The van der Waals surface area contributed by atoms with Crippen LogP contribution in [0.5, 0.6) is 5.75 Å². The van der Waals surface area contributed by atoms with Crippen LogP contribution in [0.1, 0.15) is 37.7 Å². The number of rotatable bonds is 6. The van der Waals surface area contributed by atoms with E-state index in [4.69, 9.17) is 4.74 Å². The molecule has 0 aliphatic carbocycles. The summed E-state index contributed by atoms with van der Waals surface area (Å²) in [5.41, 5.74) is 1.04. The number of anilines is 2. The van der Waals surface area contributed by atoms with E-state index in [1.165, 1.54) is 11.3 Å². The van der Waals surface area contributed by atoms with Gasteiger partial charge in [-0.2, -0.15) is 0 Å². The number of benzene rings is 1. The van der Waals surface area contributed by atoms with Crippen LogP contribution in [0.4, 0.5) is 10.3 Å². The molecule has 30 heavy (non-hydrogen) atoms. The van der Waals surface area contributed by atoms with Gasteiger partial charge in [0.05, 0.1) is 13.0 Å². The summed E-state index contributed by atoms with van der Waals surface area (Å²) in [5.74, 6) is 0.904. The largest absolute Gasteiger partial charge is 0.497 e. The van der Waals surface area contributed by atoms with Gasteiger partial charge < -0.3 is 15.0 Å². The summed E-state index contributed by atoms with van der Waals surface area (Å²) in [6, 6.07) is 7.70. The maximum Gasteiger partial charge on any atom is 0.228 e. The predicted octanol–water partition coefficient (Wildman–Crippen LogP) is 2.60. The van der Waals surface area contributed by atoms with Gasteiger partial charge in [0.2, 0.25) is 22.1 Å². The van der Waals surface area contributed by atoms with Crippen molar-refractivity contribution < 1.29 is 14.3 Å². The minimum atomic E-state index is -0.0824. The fourth-order valence-corrected chi connectivity index (χ4v) is 4.82. The van der Waals surface area contributed by atoms with Crippen molar-refractivity contribution in [1.82, 2.24) is 15.5 Å². The van der Waals surface area contributed by atoms with Crippen LogP contribution < -0.4 is 19.9 Å². The van der Waals surface area contributed by atoms with E-state index in [1.54, 1.807) is 12.0 Å². The maximum absolute atomic E-state index is 12.7. The molecule has 2 saturated heterocycles. The molecule has 2 fully saturated rings. The van der Waals surface area contributed by atoms with E-state index >= 15 is 0 Å². The lowest BCUT2D eigenvalue weighted by Gasteiger charge is -2.31. The van der Waals surface area contributed by atoms with Crippen LogP contribution in [0.25, 0.3) is 0 Å². The number of carbonyl (C=O) groups is 2. The zero-order valence-corrected chi connectivity index (χ0v) is 18.0. The molecule has 4 rings (SSSR count). The topological polar surface area (TPSA) is 87.7 Å². The minimum Gasteiger partial charge on any atom is -0.497 e. The number of hydrogen-bond acceptors (Lipinski definition) is 7. The lowest BCUT2D eigenvalue weighted by molar-refractivity contribution is -0.125. The smallest absolute Gasteiger partial charge is 0.228 e. The van der Waals surface area contributed by atoms with Crippen LogP contribution in [-0.2, 0) is 16.1 Å². The van der Waals surface area contributed by atoms with E-state index in [-0.39, 0.29) is 17.7 Å². The van der Waals surface area contributed by atoms with E-state index in [1.807, 2.05) is 24.3 Å². The highest BCUT2D eigenvalue weighted by Gasteiger charge is 2.29. The number of piperidine rings is 2. The van der Waals surface area contributed by atoms with Crippen molar-refractivity contribution in [3.05, 3.63) is 29.8 Å². The van der Waals surface area contributed by atoms with Crippen LogP contribution in [0.3, 0.4) is 0 Å². The number of hydrogen-bond donors (Lipinski definition) is 1. The summed E-state index contributed by atoms with van der Waals surface area (Å²) >= 11 is 1.44. The van der Waals surface area contributed by atoms with Crippen molar-refractivity contribution in [2.24, 2.45) is 5.92 Å². The van der Waals surface area contributed by atoms with Gasteiger partial charge in [0.15, 0.2) is 0 Å². The summed E-state index contributed by atoms with van der Waals surface area (Å²) in [7, 11) is 1.64. The third-order valence-corrected chi connectivity index (χ3v) is 6.65. The predicted molar refractivity (Wildman–Crippen MR) is 116 cm³/mol. The maximum atomic E-state index is 12.7. The highest BCUT2D eigenvalue weighted by molar-refractivity contribution is 7.19. The molecule has 2 amide bonds. The first kappa shape index (κ1) is 20.6. The fourth-order valence-electron chi connectivity index (χ4n) is 3.89. The molecule has 1 aromatic carbocycles. The SMILES string of the molecule is COc1ccc(CNC(=O)[C@H]2CCCN(c3nnc(N4CCCCC4=O)s3)C2)cc1. The molecule has 8 nitrogen and oxygen atoms in total. The van der Waals surface area contributed by atoms with Gasteiger partial charge in [0.25, 0.3) is 0 Å². The van der Waals surface area contributed by atoms with Crippen molar-refractivity contribution in [2.45, 2.75) is 38.6 Å². The fraction of sp³-hybridized carbons (Fsp3) is 0.524. The second-order valence-electron chi connectivity index (χ2n) is 7.72. The van der Waals surface area contributed by atoms with Crippen molar-refractivity contribution in [2.75, 3.05) is 36.5 Å². The second-order valence-corrected chi connectivity index (χ2v) is 8.66. The average molecular weight is 430 g/mol. The van der Waals surface area contributed by atoms with Crippen LogP contribution in [0.2, 0.25) is 0 Å². The highest BCUT2D eigenvalue weighted by Crippen LogP contribution is 2.32. The summed E-state index contributed by atoms with van der Waals surface area (Å²) < 4.78 is 5.17. The van der Waals surface area contributed by atoms with Gasteiger partial charge in [-0.3, -0.25) is 14.5 Å². The molecule has 1 atom stereocenters. The average Bonchev–Trinajstić information content (AvgIpc) is 3.28. The van der Waals surface area contributed by atoms with Crippen LogP contribution in [0.15, 0.2) is 24.3 Å². The number of methoxy groups -OCH3 is 1. The van der Waals surface area contributed by atoms with E-state index in [0.29, 0.717) is 31.2 Å². The molecule has 0 unspecified atom stereocenters. The number of amides is 2. The van der Waals surface area contributed by atoms with E-state index < -0.39 is 0 Å². The van der Waals surface area contributed by atoms with Crippen molar-refractivity contribution >= 4 is 33.4 Å². The van der Waals surface area contributed by atoms with Crippen molar-refractivity contribution in [3.8, 4) is 5.75 Å². The zero-order valence-electron chi connectivity index (χ0n) is 17.2. The molecule has 1 N–H and O–H groups in total. The van der Waals surface area contributed by atoms with Gasteiger partial charge in [0, 0.05) is 32.6 Å². The molecule has 0 radical (unpaired) electrons. The monoisotopic (exact) mass is 429 g/mol. The summed E-state index contributed by atoms with van der Waals surface area (Å²) in [6.45, 7) is 2.69. The molecule has 0 bridgehead atoms. The molecule has 1 aromatic heterocycles. The Kier molecular flexibility index (Phi) is 6.47. The highest BCUT2D eigenvalue weighted by atomic mass is 32.1. The molecule has 160 valence electrons. The van der Waals surface area contributed by atoms with Gasteiger partial charge in [0.1, 0.15) is 5.75 Å². The van der Waals surface area contributed by atoms with Crippen LogP contribution in [0, 0.1) is 5.92 Å². The first-order chi connectivity index (χ1) is 14.6.